The number of carbonyl (C=O) groups is 1. The van der Waals surface area contributed by atoms with Gasteiger partial charge in [0.25, 0.3) is 0 Å². The zero-order valence-corrected chi connectivity index (χ0v) is 18.7. The fourth-order valence-corrected chi connectivity index (χ4v) is 5.04. The van der Waals surface area contributed by atoms with Crippen molar-refractivity contribution in [1.82, 2.24) is 14.5 Å². The van der Waals surface area contributed by atoms with E-state index in [2.05, 4.69) is 15.5 Å². The number of aromatic nitrogens is 2. The quantitative estimate of drug-likeness (QED) is 0.559. The third-order valence-electron chi connectivity index (χ3n) is 5.34. The molecule has 9 nitrogen and oxygen atoms in total. The summed E-state index contributed by atoms with van der Waals surface area (Å²) in [6, 6.07) is 11.8. The molecule has 3 aromatic rings. The Labute approximate surface area is 190 Å². The molecule has 0 aliphatic carbocycles. The van der Waals surface area contributed by atoms with Crippen LogP contribution in [0, 0.1) is 11.7 Å². The molecule has 174 valence electrons. The molecule has 0 saturated carbocycles. The Morgan fingerprint density at radius 2 is 1.79 bits per heavy atom. The minimum atomic E-state index is -3.74. The summed E-state index contributed by atoms with van der Waals surface area (Å²) in [5.74, 6) is -0.229. The zero-order chi connectivity index (χ0) is 23.4. The third kappa shape index (κ3) is 5.20. The molecule has 4 rings (SSSR count). The molecule has 0 atom stereocenters. The number of ether oxygens (including phenoxy) is 1. The van der Waals surface area contributed by atoms with E-state index < -0.39 is 21.8 Å². The standard InChI is InChI=1S/C22H23FN4O5S/c1-2-31-18-7-3-16(4-8-18)21-25-26-22(32-21)24-20(28)15-11-13-27(14-12-15)33(29,30)19-9-5-17(23)6-10-19/h3-10,15H,2,11-14H2,1H3,(H,24,26,28). The van der Waals surface area contributed by atoms with Crippen LogP contribution in [0.25, 0.3) is 11.5 Å². The number of carbonyl (C=O) groups excluding carboxylic acids is 1. The van der Waals surface area contributed by atoms with Crippen LogP contribution in [0.4, 0.5) is 10.4 Å². The van der Waals surface area contributed by atoms with Gasteiger partial charge in [0, 0.05) is 24.6 Å². The summed E-state index contributed by atoms with van der Waals surface area (Å²) in [6.07, 6.45) is 0.679. The lowest BCUT2D eigenvalue weighted by Crippen LogP contribution is -2.41. The molecule has 33 heavy (non-hydrogen) atoms. The number of anilines is 1. The molecule has 1 N–H and O–H groups in total. The van der Waals surface area contributed by atoms with Gasteiger partial charge in [-0.1, -0.05) is 5.10 Å². The number of hydrogen-bond acceptors (Lipinski definition) is 7. The van der Waals surface area contributed by atoms with Crippen LogP contribution in [0.5, 0.6) is 5.75 Å². The van der Waals surface area contributed by atoms with Gasteiger partial charge in [0.15, 0.2) is 0 Å². The van der Waals surface area contributed by atoms with Crippen LogP contribution in [-0.2, 0) is 14.8 Å². The van der Waals surface area contributed by atoms with Crippen molar-refractivity contribution in [1.29, 1.82) is 0 Å². The Kier molecular flexibility index (Phi) is 6.70. The van der Waals surface area contributed by atoms with Crippen LogP contribution in [0.15, 0.2) is 57.8 Å². The topological polar surface area (TPSA) is 115 Å². The molecule has 1 fully saturated rings. The minimum Gasteiger partial charge on any atom is -0.494 e. The molecule has 1 aromatic heterocycles. The maximum Gasteiger partial charge on any atom is 0.322 e. The van der Waals surface area contributed by atoms with Crippen LogP contribution in [-0.4, -0.2) is 48.5 Å². The number of piperidine rings is 1. The van der Waals surface area contributed by atoms with Crippen molar-refractivity contribution in [2.75, 3.05) is 25.0 Å². The maximum absolute atomic E-state index is 13.1. The van der Waals surface area contributed by atoms with Crippen molar-refractivity contribution in [3.05, 3.63) is 54.3 Å². The van der Waals surface area contributed by atoms with E-state index in [0.29, 0.717) is 25.0 Å². The fraction of sp³-hybridized carbons (Fsp3) is 0.318. The van der Waals surface area contributed by atoms with Crippen LogP contribution in [0.1, 0.15) is 19.8 Å². The smallest absolute Gasteiger partial charge is 0.322 e. The van der Waals surface area contributed by atoms with E-state index >= 15 is 0 Å². The first-order chi connectivity index (χ1) is 15.9. The van der Waals surface area contributed by atoms with Gasteiger partial charge in [-0.05, 0) is 68.3 Å². The highest BCUT2D eigenvalue weighted by atomic mass is 32.2. The van der Waals surface area contributed by atoms with Crippen molar-refractivity contribution < 1.29 is 26.8 Å². The van der Waals surface area contributed by atoms with Gasteiger partial charge in [0.05, 0.1) is 11.5 Å². The number of benzene rings is 2. The van der Waals surface area contributed by atoms with Crippen molar-refractivity contribution >= 4 is 21.9 Å². The lowest BCUT2D eigenvalue weighted by Gasteiger charge is -2.30. The molecule has 1 aliphatic heterocycles. The van der Waals surface area contributed by atoms with Crippen LogP contribution >= 0.6 is 0 Å². The number of hydrogen-bond donors (Lipinski definition) is 1. The van der Waals surface area contributed by atoms with Gasteiger partial charge in [0.2, 0.25) is 21.8 Å². The average Bonchev–Trinajstić information content (AvgIpc) is 3.28. The summed E-state index contributed by atoms with van der Waals surface area (Å²) in [5.41, 5.74) is 0.686. The van der Waals surface area contributed by atoms with Crippen molar-refractivity contribution in [3.8, 4) is 17.2 Å². The lowest BCUT2D eigenvalue weighted by atomic mass is 9.97. The number of halogens is 1. The van der Waals surface area contributed by atoms with Crippen molar-refractivity contribution in [3.63, 3.8) is 0 Å². The molecule has 0 bridgehead atoms. The summed E-state index contributed by atoms with van der Waals surface area (Å²) >= 11 is 0. The molecular weight excluding hydrogens is 451 g/mol. The van der Waals surface area contributed by atoms with Crippen LogP contribution in [0.2, 0.25) is 0 Å². The first kappa shape index (κ1) is 22.9. The molecule has 11 heteroatoms. The number of amides is 1. The summed E-state index contributed by atoms with van der Waals surface area (Å²) < 4.78 is 50.8. The number of nitrogens with one attached hydrogen (secondary N) is 1. The SMILES string of the molecule is CCOc1ccc(-c2nnc(NC(=O)C3CCN(S(=O)(=O)c4ccc(F)cc4)CC3)o2)cc1. The van der Waals surface area contributed by atoms with E-state index in [9.17, 15) is 17.6 Å². The molecule has 1 aliphatic rings. The predicted octanol–water partition coefficient (Wildman–Crippen LogP) is 3.31. The fourth-order valence-electron chi connectivity index (χ4n) is 3.57. The first-order valence-corrected chi connectivity index (χ1v) is 11.9. The number of sulfonamides is 1. The van der Waals surface area contributed by atoms with Gasteiger partial charge in [0.1, 0.15) is 11.6 Å². The predicted molar refractivity (Wildman–Crippen MR) is 117 cm³/mol. The van der Waals surface area contributed by atoms with Crippen molar-refractivity contribution in [2.24, 2.45) is 5.92 Å². The van der Waals surface area contributed by atoms with Crippen LogP contribution in [0.3, 0.4) is 0 Å². The second kappa shape index (κ2) is 9.67. The normalized spacial score (nSPS) is 15.3. The second-order valence-electron chi connectivity index (χ2n) is 7.49. The number of nitrogens with zero attached hydrogens (tertiary/aromatic N) is 3. The Bertz CT molecular complexity index is 1200. The van der Waals surface area contributed by atoms with Gasteiger partial charge < -0.3 is 9.15 Å². The zero-order valence-electron chi connectivity index (χ0n) is 17.9. The minimum absolute atomic E-state index is 0.0229. The van der Waals surface area contributed by atoms with E-state index in [1.807, 2.05) is 6.92 Å². The molecule has 1 saturated heterocycles. The molecule has 0 spiro atoms. The maximum atomic E-state index is 13.1. The van der Waals surface area contributed by atoms with Gasteiger partial charge >= 0.3 is 6.01 Å². The summed E-state index contributed by atoms with van der Waals surface area (Å²) in [5, 5.41) is 10.4. The highest BCUT2D eigenvalue weighted by Crippen LogP contribution is 2.26. The van der Waals surface area contributed by atoms with Gasteiger partial charge in [-0.2, -0.15) is 4.31 Å². The Morgan fingerprint density at radius 3 is 2.42 bits per heavy atom. The molecule has 1 amide bonds. The molecule has 2 heterocycles. The molecule has 0 unspecified atom stereocenters. The average molecular weight is 475 g/mol. The summed E-state index contributed by atoms with van der Waals surface area (Å²) in [6.45, 7) is 2.82. The molecular formula is C22H23FN4O5S. The Hall–Kier alpha value is -3.31. The van der Waals surface area contributed by atoms with Crippen LogP contribution < -0.4 is 10.1 Å². The lowest BCUT2D eigenvalue weighted by molar-refractivity contribution is -0.121. The molecule has 0 radical (unpaired) electrons. The highest BCUT2D eigenvalue weighted by Gasteiger charge is 2.32. The summed E-state index contributed by atoms with van der Waals surface area (Å²) in [4.78, 5) is 12.7. The first-order valence-electron chi connectivity index (χ1n) is 10.5. The molecule has 2 aromatic carbocycles. The number of rotatable bonds is 7. The monoisotopic (exact) mass is 474 g/mol. The highest BCUT2D eigenvalue weighted by molar-refractivity contribution is 7.89. The Balaban J connectivity index is 1.34. The van der Waals surface area contributed by atoms with E-state index in [1.165, 1.54) is 16.4 Å². The van der Waals surface area contributed by atoms with E-state index in [1.54, 1.807) is 24.3 Å². The van der Waals surface area contributed by atoms with E-state index in [4.69, 9.17) is 9.15 Å². The van der Waals surface area contributed by atoms with Gasteiger partial charge in [-0.15, -0.1) is 5.10 Å². The van der Waals surface area contributed by atoms with Crippen molar-refractivity contribution in [2.45, 2.75) is 24.7 Å². The van der Waals surface area contributed by atoms with Gasteiger partial charge in [-0.3, -0.25) is 10.1 Å². The second-order valence-corrected chi connectivity index (χ2v) is 9.43. The van der Waals surface area contributed by atoms with Gasteiger partial charge in [-0.25, -0.2) is 12.8 Å². The Morgan fingerprint density at radius 1 is 1.12 bits per heavy atom. The van der Waals surface area contributed by atoms with E-state index in [-0.39, 0.29) is 35.8 Å². The summed E-state index contributed by atoms with van der Waals surface area (Å²) in [7, 11) is -3.74. The third-order valence-corrected chi connectivity index (χ3v) is 7.26. The van der Waals surface area contributed by atoms with E-state index in [0.717, 1.165) is 17.9 Å². The largest absolute Gasteiger partial charge is 0.494 e.